The predicted molar refractivity (Wildman–Crippen MR) is 108 cm³/mol. The molecule has 0 atom stereocenters. The number of nitrogens with zero attached hydrogens (tertiary/aromatic N) is 3. The average Bonchev–Trinajstić information content (AvgIpc) is 3.06. The minimum absolute atomic E-state index is 0.895. The number of para-hydroxylation sites is 2. The largest absolute Gasteiger partial charge is 0.299 e. The number of allylic oxidation sites excluding steroid dienone is 1. The van der Waals surface area contributed by atoms with E-state index in [1.165, 1.54) is 48.9 Å². The molecule has 0 aliphatic carbocycles. The van der Waals surface area contributed by atoms with Gasteiger partial charge in [-0.25, -0.2) is 9.13 Å². The molecule has 3 heteroatoms. The van der Waals surface area contributed by atoms with Gasteiger partial charge in [0, 0.05) is 6.54 Å². The summed E-state index contributed by atoms with van der Waals surface area (Å²) in [5, 5.41) is 0. The topological polar surface area (TPSA) is 12.0 Å². The van der Waals surface area contributed by atoms with Gasteiger partial charge >= 0.3 is 0 Å². The van der Waals surface area contributed by atoms with Crippen molar-refractivity contribution in [1.82, 2.24) is 9.47 Å². The molecule has 2 aromatic carbocycles. The second kappa shape index (κ2) is 8.33. The van der Waals surface area contributed by atoms with E-state index >= 15 is 0 Å². The summed E-state index contributed by atoms with van der Waals surface area (Å²) in [6.07, 6.45) is 10.8. The van der Waals surface area contributed by atoms with Crippen molar-refractivity contribution in [2.45, 2.75) is 32.4 Å². The Balaban J connectivity index is 1.49. The van der Waals surface area contributed by atoms with Gasteiger partial charge < -0.3 is 0 Å². The number of aromatic nitrogens is 2. The monoisotopic (exact) mass is 346 g/mol. The molecule has 2 heterocycles. The van der Waals surface area contributed by atoms with Gasteiger partial charge in [0.15, 0.2) is 11.0 Å². The van der Waals surface area contributed by atoms with Crippen LogP contribution in [0.5, 0.6) is 0 Å². The van der Waals surface area contributed by atoms with E-state index < -0.39 is 0 Å². The van der Waals surface area contributed by atoms with Crippen LogP contribution in [-0.2, 0) is 13.1 Å². The van der Waals surface area contributed by atoms with Gasteiger partial charge in [-0.3, -0.25) is 4.90 Å². The number of piperidine rings is 1. The van der Waals surface area contributed by atoms with E-state index in [1.54, 1.807) is 0 Å². The molecule has 4 rings (SSSR count). The fraction of sp³-hybridized carbons (Fsp3) is 0.348. The van der Waals surface area contributed by atoms with Gasteiger partial charge in [-0.1, -0.05) is 55.0 Å². The molecule has 26 heavy (non-hydrogen) atoms. The van der Waals surface area contributed by atoms with E-state index in [1.807, 2.05) is 0 Å². The van der Waals surface area contributed by atoms with E-state index in [-0.39, 0.29) is 0 Å². The number of rotatable bonds is 6. The Labute approximate surface area is 156 Å². The summed E-state index contributed by atoms with van der Waals surface area (Å²) in [7, 11) is 0. The highest BCUT2D eigenvalue weighted by molar-refractivity contribution is 5.71. The Morgan fingerprint density at radius 1 is 0.846 bits per heavy atom. The third-order valence-corrected chi connectivity index (χ3v) is 5.30. The van der Waals surface area contributed by atoms with Gasteiger partial charge in [0.1, 0.15) is 13.1 Å². The molecule has 0 radical (unpaired) electrons. The molecule has 134 valence electrons. The van der Waals surface area contributed by atoms with Crippen molar-refractivity contribution >= 4 is 17.1 Å². The lowest BCUT2D eigenvalue weighted by Crippen LogP contribution is -2.33. The fourth-order valence-corrected chi connectivity index (χ4v) is 3.86. The molecule has 1 fully saturated rings. The van der Waals surface area contributed by atoms with Crippen molar-refractivity contribution < 1.29 is 4.57 Å². The third kappa shape index (κ3) is 4.05. The highest BCUT2D eigenvalue weighted by Crippen LogP contribution is 2.13. The van der Waals surface area contributed by atoms with Crippen LogP contribution < -0.4 is 4.57 Å². The van der Waals surface area contributed by atoms with Crippen molar-refractivity contribution in [1.29, 1.82) is 0 Å². The van der Waals surface area contributed by atoms with Crippen molar-refractivity contribution in [3.8, 4) is 0 Å². The normalized spacial score (nSPS) is 15.8. The first kappa shape index (κ1) is 17.0. The van der Waals surface area contributed by atoms with E-state index in [0.29, 0.717) is 0 Å². The maximum Gasteiger partial charge on any atom is 0.245 e. The fourth-order valence-electron chi connectivity index (χ4n) is 3.86. The van der Waals surface area contributed by atoms with Crippen LogP contribution in [0.2, 0.25) is 0 Å². The summed E-state index contributed by atoms with van der Waals surface area (Å²) in [4.78, 5) is 2.61. The molecule has 1 aliphatic heterocycles. The first-order chi connectivity index (χ1) is 12.9. The quantitative estimate of drug-likeness (QED) is 0.611. The third-order valence-electron chi connectivity index (χ3n) is 5.30. The molecule has 0 unspecified atom stereocenters. The van der Waals surface area contributed by atoms with E-state index in [2.05, 4.69) is 87.1 Å². The van der Waals surface area contributed by atoms with Crippen LogP contribution in [0.3, 0.4) is 0 Å². The number of likely N-dealkylation sites (tertiary alicyclic amines) is 1. The summed E-state index contributed by atoms with van der Waals surface area (Å²) in [5.41, 5.74) is 3.89. The molecule has 0 saturated carbocycles. The van der Waals surface area contributed by atoms with Gasteiger partial charge in [-0.2, -0.15) is 0 Å². The standard InChI is InChI=1S/C23H28N3/c1-3-10-21(11-4-1)12-9-17-25-20-26(23-14-6-5-13-22(23)25)19-18-24-15-7-2-8-16-24/h1,3-6,9-14,20H,2,7-8,15-19H2/q+1/b12-9+. The zero-order valence-electron chi connectivity index (χ0n) is 15.4. The minimum Gasteiger partial charge on any atom is -0.299 e. The lowest BCUT2D eigenvalue weighted by atomic mass is 10.1. The van der Waals surface area contributed by atoms with Gasteiger partial charge in [0.25, 0.3) is 0 Å². The Morgan fingerprint density at radius 2 is 1.62 bits per heavy atom. The second-order valence-electron chi connectivity index (χ2n) is 7.17. The first-order valence-electron chi connectivity index (χ1n) is 9.81. The van der Waals surface area contributed by atoms with Gasteiger partial charge in [-0.15, -0.1) is 0 Å². The molecule has 0 N–H and O–H groups in total. The molecule has 0 bridgehead atoms. The Hall–Kier alpha value is -2.39. The smallest absolute Gasteiger partial charge is 0.245 e. The van der Waals surface area contributed by atoms with Crippen LogP contribution in [0.15, 0.2) is 67.0 Å². The van der Waals surface area contributed by atoms with Crippen LogP contribution in [0, 0.1) is 0 Å². The number of fused-ring (bicyclic) bond motifs is 1. The molecule has 0 spiro atoms. The number of imidazole rings is 1. The molecular weight excluding hydrogens is 318 g/mol. The maximum atomic E-state index is 2.61. The summed E-state index contributed by atoms with van der Waals surface area (Å²) in [6.45, 7) is 5.64. The van der Waals surface area contributed by atoms with Crippen molar-refractivity contribution in [2.24, 2.45) is 0 Å². The van der Waals surface area contributed by atoms with Crippen molar-refractivity contribution in [2.75, 3.05) is 19.6 Å². The van der Waals surface area contributed by atoms with E-state index in [0.717, 1.165) is 19.6 Å². The molecule has 0 amide bonds. The second-order valence-corrected chi connectivity index (χ2v) is 7.17. The summed E-state index contributed by atoms with van der Waals surface area (Å²) >= 11 is 0. The highest BCUT2D eigenvalue weighted by Gasteiger charge is 2.16. The Bertz CT molecular complexity index is 858. The van der Waals surface area contributed by atoms with Crippen LogP contribution in [-0.4, -0.2) is 29.1 Å². The number of benzene rings is 2. The number of hydrogen-bond donors (Lipinski definition) is 0. The zero-order chi connectivity index (χ0) is 17.6. The van der Waals surface area contributed by atoms with Crippen LogP contribution >= 0.6 is 0 Å². The van der Waals surface area contributed by atoms with Gasteiger partial charge in [0.05, 0.1) is 0 Å². The molecule has 1 saturated heterocycles. The lowest BCUT2D eigenvalue weighted by Gasteiger charge is -2.25. The van der Waals surface area contributed by atoms with Crippen molar-refractivity contribution in [3.05, 3.63) is 72.6 Å². The first-order valence-corrected chi connectivity index (χ1v) is 9.81. The molecule has 3 aromatic rings. The average molecular weight is 346 g/mol. The maximum absolute atomic E-state index is 2.61. The van der Waals surface area contributed by atoms with Crippen LogP contribution in [0.25, 0.3) is 17.1 Å². The van der Waals surface area contributed by atoms with Gasteiger partial charge in [0.2, 0.25) is 6.33 Å². The molecular formula is C23H28N3+. The minimum atomic E-state index is 0.895. The summed E-state index contributed by atoms with van der Waals surface area (Å²) in [6, 6.07) is 19.2. The lowest BCUT2D eigenvalue weighted by molar-refractivity contribution is -0.661. The SMILES string of the molecule is C(=C\c1ccccc1)/C[n+]1cn(CCN2CCCCC2)c2ccccc21. The molecule has 1 aromatic heterocycles. The van der Waals surface area contributed by atoms with E-state index in [4.69, 9.17) is 0 Å². The highest BCUT2D eigenvalue weighted by atomic mass is 15.2. The molecule has 3 nitrogen and oxygen atoms in total. The van der Waals surface area contributed by atoms with Gasteiger partial charge in [-0.05, 0) is 49.7 Å². The Morgan fingerprint density at radius 3 is 2.46 bits per heavy atom. The van der Waals surface area contributed by atoms with Crippen LogP contribution in [0.1, 0.15) is 24.8 Å². The van der Waals surface area contributed by atoms with E-state index in [9.17, 15) is 0 Å². The zero-order valence-corrected chi connectivity index (χ0v) is 15.4. The molecule has 1 aliphatic rings. The Kier molecular flexibility index (Phi) is 5.46. The van der Waals surface area contributed by atoms with Crippen molar-refractivity contribution in [3.63, 3.8) is 0 Å². The van der Waals surface area contributed by atoms with Crippen LogP contribution in [0.4, 0.5) is 0 Å². The predicted octanol–water partition coefficient (Wildman–Crippen LogP) is 4.13. The summed E-state index contributed by atoms with van der Waals surface area (Å²) < 4.78 is 4.77. The number of hydrogen-bond acceptors (Lipinski definition) is 1. The summed E-state index contributed by atoms with van der Waals surface area (Å²) in [5.74, 6) is 0.